The molecule has 0 bridgehead atoms. The average Bonchev–Trinajstić information content (AvgIpc) is 2.51. The summed E-state index contributed by atoms with van der Waals surface area (Å²) in [5.41, 5.74) is 1.15. The van der Waals surface area contributed by atoms with Crippen molar-refractivity contribution in [2.45, 2.75) is 13.3 Å². The van der Waals surface area contributed by atoms with Crippen molar-refractivity contribution in [1.82, 2.24) is 15.5 Å². The van der Waals surface area contributed by atoms with Gasteiger partial charge in [0, 0.05) is 6.54 Å². The molecular formula is C15H17BrN4OS. The van der Waals surface area contributed by atoms with Crippen LogP contribution in [0, 0.1) is 0 Å². The van der Waals surface area contributed by atoms with E-state index in [9.17, 15) is 0 Å². The van der Waals surface area contributed by atoms with E-state index in [1.165, 1.54) is 0 Å². The second-order valence-electron chi connectivity index (χ2n) is 4.40. The summed E-state index contributed by atoms with van der Waals surface area (Å²) >= 11 is 8.64. The zero-order valence-electron chi connectivity index (χ0n) is 12.2. The van der Waals surface area contributed by atoms with Crippen molar-refractivity contribution in [2.24, 2.45) is 0 Å². The Morgan fingerprint density at radius 2 is 2.14 bits per heavy atom. The number of aromatic nitrogens is 2. The third-order valence-corrected chi connectivity index (χ3v) is 3.74. The molecule has 116 valence electrons. The monoisotopic (exact) mass is 380 g/mol. The quantitative estimate of drug-likeness (QED) is 0.750. The van der Waals surface area contributed by atoms with E-state index >= 15 is 0 Å². The molecule has 0 aliphatic rings. The van der Waals surface area contributed by atoms with Gasteiger partial charge < -0.3 is 15.4 Å². The fourth-order valence-electron chi connectivity index (χ4n) is 1.87. The molecule has 2 aromatic rings. The van der Waals surface area contributed by atoms with Crippen molar-refractivity contribution in [2.75, 3.05) is 18.5 Å². The average molecular weight is 381 g/mol. The third-order valence-electron chi connectivity index (χ3n) is 2.86. The van der Waals surface area contributed by atoms with Crippen LogP contribution in [0.3, 0.4) is 0 Å². The molecule has 0 amide bonds. The molecule has 0 unspecified atom stereocenters. The second kappa shape index (κ2) is 8.65. The Bertz CT molecular complexity index is 638. The van der Waals surface area contributed by atoms with Gasteiger partial charge in [-0.1, -0.05) is 18.2 Å². The normalized spacial score (nSPS) is 10.1. The topological polar surface area (TPSA) is 59.1 Å². The first kappa shape index (κ1) is 16.6. The molecule has 7 heteroatoms. The van der Waals surface area contributed by atoms with Crippen molar-refractivity contribution in [1.29, 1.82) is 0 Å². The minimum atomic E-state index is 0.509. The first-order valence-corrected chi connectivity index (χ1v) is 8.13. The Balaban J connectivity index is 1.84. The summed E-state index contributed by atoms with van der Waals surface area (Å²) in [6, 6.07) is 9.82. The fourth-order valence-corrected chi connectivity index (χ4v) is 2.37. The van der Waals surface area contributed by atoms with Crippen LogP contribution in [0.25, 0.3) is 0 Å². The Hall–Kier alpha value is -1.73. The summed E-state index contributed by atoms with van der Waals surface area (Å²) in [5.74, 6) is 1.51. The van der Waals surface area contributed by atoms with Crippen LogP contribution in [-0.2, 0) is 6.42 Å². The molecule has 1 aromatic carbocycles. The van der Waals surface area contributed by atoms with Crippen LogP contribution in [-0.4, -0.2) is 28.5 Å². The van der Waals surface area contributed by atoms with E-state index in [2.05, 4.69) is 42.8 Å². The standard InChI is InChI=1S/C15H17BrN4OS/c1-2-21-13-6-4-3-5-11(13)7-9-17-15(22)19-14-12(16)8-10-18-20-14/h3-6,8,10H,2,7,9H2,1H3,(H2,17,19,20,22). The molecule has 5 nitrogen and oxygen atoms in total. The Morgan fingerprint density at radius 1 is 1.32 bits per heavy atom. The zero-order valence-corrected chi connectivity index (χ0v) is 14.6. The summed E-state index contributed by atoms with van der Waals surface area (Å²) in [5, 5.41) is 14.4. The van der Waals surface area contributed by atoms with Gasteiger partial charge in [0.1, 0.15) is 5.75 Å². The molecular weight excluding hydrogens is 364 g/mol. The van der Waals surface area contributed by atoms with E-state index in [0.29, 0.717) is 24.1 Å². The van der Waals surface area contributed by atoms with Gasteiger partial charge in [0.2, 0.25) is 0 Å². The lowest BCUT2D eigenvalue weighted by Gasteiger charge is -2.12. The smallest absolute Gasteiger partial charge is 0.172 e. The third kappa shape index (κ3) is 4.92. The van der Waals surface area contributed by atoms with Gasteiger partial charge in [-0.05, 0) is 59.2 Å². The predicted octanol–water partition coefficient (Wildman–Crippen LogP) is 3.17. The summed E-state index contributed by atoms with van der Waals surface area (Å²) in [6.07, 6.45) is 2.43. The van der Waals surface area contributed by atoms with Crippen molar-refractivity contribution < 1.29 is 4.74 Å². The lowest BCUT2D eigenvalue weighted by Crippen LogP contribution is -2.30. The Kier molecular flexibility index (Phi) is 6.54. The van der Waals surface area contributed by atoms with E-state index in [4.69, 9.17) is 17.0 Å². The summed E-state index contributed by atoms with van der Waals surface area (Å²) in [7, 11) is 0. The van der Waals surface area contributed by atoms with E-state index in [1.54, 1.807) is 12.3 Å². The van der Waals surface area contributed by atoms with Gasteiger partial charge in [-0.25, -0.2) is 0 Å². The maximum atomic E-state index is 5.61. The van der Waals surface area contributed by atoms with Gasteiger partial charge in [0.25, 0.3) is 0 Å². The number of anilines is 1. The summed E-state index contributed by atoms with van der Waals surface area (Å²) < 4.78 is 6.42. The number of hydrogen-bond donors (Lipinski definition) is 2. The molecule has 1 heterocycles. The molecule has 22 heavy (non-hydrogen) atoms. The van der Waals surface area contributed by atoms with Crippen LogP contribution in [0.1, 0.15) is 12.5 Å². The highest BCUT2D eigenvalue weighted by Crippen LogP contribution is 2.18. The summed E-state index contributed by atoms with van der Waals surface area (Å²) in [4.78, 5) is 0. The molecule has 0 aliphatic carbocycles. The number of thiocarbonyl (C=S) groups is 1. The number of benzene rings is 1. The zero-order chi connectivity index (χ0) is 15.8. The Morgan fingerprint density at radius 3 is 2.91 bits per heavy atom. The van der Waals surface area contributed by atoms with Gasteiger partial charge in [-0.2, -0.15) is 5.10 Å². The number of hydrogen-bond acceptors (Lipinski definition) is 4. The number of nitrogens with zero attached hydrogens (tertiary/aromatic N) is 2. The van der Waals surface area contributed by atoms with Crippen molar-refractivity contribution in [3.63, 3.8) is 0 Å². The molecule has 1 aromatic heterocycles. The van der Waals surface area contributed by atoms with Crippen LogP contribution in [0.2, 0.25) is 0 Å². The number of nitrogens with one attached hydrogen (secondary N) is 2. The molecule has 2 rings (SSSR count). The molecule has 0 fully saturated rings. The van der Waals surface area contributed by atoms with E-state index in [-0.39, 0.29) is 0 Å². The van der Waals surface area contributed by atoms with Gasteiger partial charge >= 0.3 is 0 Å². The number of para-hydroxylation sites is 1. The molecule has 0 atom stereocenters. The van der Waals surface area contributed by atoms with Crippen molar-refractivity contribution >= 4 is 39.1 Å². The first-order valence-electron chi connectivity index (χ1n) is 6.93. The van der Waals surface area contributed by atoms with E-state index in [0.717, 1.165) is 22.2 Å². The highest BCUT2D eigenvalue weighted by Gasteiger charge is 2.05. The lowest BCUT2D eigenvalue weighted by molar-refractivity contribution is 0.336. The van der Waals surface area contributed by atoms with Crippen LogP contribution in [0.15, 0.2) is 41.0 Å². The van der Waals surface area contributed by atoms with Crippen LogP contribution >= 0.6 is 28.1 Å². The number of rotatable bonds is 6. The highest BCUT2D eigenvalue weighted by atomic mass is 79.9. The number of halogens is 1. The largest absolute Gasteiger partial charge is 0.494 e. The minimum absolute atomic E-state index is 0.509. The maximum Gasteiger partial charge on any atom is 0.172 e. The molecule has 0 saturated heterocycles. The molecule has 0 spiro atoms. The maximum absolute atomic E-state index is 5.61. The van der Waals surface area contributed by atoms with Crippen molar-refractivity contribution in [3.8, 4) is 5.75 Å². The Labute approximate surface area is 143 Å². The second-order valence-corrected chi connectivity index (χ2v) is 5.66. The van der Waals surface area contributed by atoms with Gasteiger partial charge in [-0.3, -0.25) is 0 Å². The fraction of sp³-hybridized carbons (Fsp3) is 0.267. The highest BCUT2D eigenvalue weighted by molar-refractivity contribution is 9.10. The van der Waals surface area contributed by atoms with Gasteiger partial charge in [0.15, 0.2) is 10.9 Å². The van der Waals surface area contributed by atoms with Crippen LogP contribution < -0.4 is 15.4 Å². The van der Waals surface area contributed by atoms with Crippen LogP contribution in [0.4, 0.5) is 5.82 Å². The van der Waals surface area contributed by atoms with Crippen LogP contribution in [0.5, 0.6) is 5.75 Å². The molecule has 0 radical (unpaired) electrons. The van der Waals surface area contributed by atoms with E-state index in [1.807, 2.05) is 25.1 Å². The van der Waals surface area contributed by atoms with Crippen molar-refractivity contribution in [3.05, 3.63) is 46.6 Å². The van der Waals surface area contributed by atoms with E-state index < -0.39 is 0 Å². The SMILES string of the molecule is CCOc1ccccc1CCNC(=S)Nc1nnccc1Br. The van der Waals surface area contributed by atoms with Gasteiger partial charge in [0.05, 0.1) is 17.3 Å². The summed E-state index contributed by atoms with van der Waals surface area (Å²) in [6.45, 7) is 3.34. The predicted molar refractivity (Wildman–Crippen MR) is 95.3 cm³/mol. The molecule has 2 N–H and O–H groups in total. The lowest BCUT2D eigenvalue weighted by atomic mass is 10.1. The minimum Gasteiger partial charge on any atom is -0.494 e. The molecule has 0 saturated carbocycles. The first-order chi connectivity index (χ1) is 10.7. The molecule has 0 aliphatic heterocycles. The number of ether oxygens (including phenoxy) is 1. The van der Waals surface area contributed by atoms with Gasteiger partial charge in [-0.15, -0.1) is 5.10 Å².